The van der Waals surface area contributed by atoms with E-state index in [0.29, 0.717) is 6.54 Å². The maximum atomic E-state index is 9.93. The van der Waals surface area contributed by atoms with E-state index in [0.717, 1.165) is 31.2 Å². The van der Waals surface area contributed by atoms with E-state index < -0.39 is 6.10 Å². The molecule has 1 fully saturated rings. The number of ether oxygens (including phenoxy) is 1. The molecule has 0 spiro atoms. The van der Waals surface area contributed by atoms with Gasteiger partial charge in [0.25, 0.3) is 0 Å². The van der Waals surface area contributed by atoms with Gasteiger partial charge in [0.05, 0.1) is 12.7 Å². The Morgan fingerprint density at radius 2 is 2.09 bits per heavy atom. The maximum Gasteiger partial charge on any atom is 0.107 e. The first kappa shape index (κ1) is 17.1. The normalized spacial score (nSPS) is 17.3. The molecule has 1 saturated heterocycles. The standard InChI is InChI=1S/C17H23ClN2O2/c1-3-10-22-13-16(21)12-19-6-8-20(9-7-19)17-11-15(18)5-4-14(17)2/h1,4-5,11,16,21H,6-10,12-13H2,2H3. The van der Waals surface area contributed by atoms with Crippen LogP contribution in [-0.2, 0) is 4.74 Å². The molecular weight excluding hydrogens is 300 g/mol. The Labute approximate surface area is 137 Å². The Morgan fingerprint density at radius 3 is 2.77 bits per heavy atom. The molecule has 1 heterocycles. The third-order valence-electron chi connectivity index (χ3n) is 3.85. The van der Waals surface area contributed by atoms with E-state index in [1.165, 1.54) is 11.3 Å². The van der Waals surface area contributed by atoms with Crippen molar-refractivity contribution in [1.82, 2.24) is 4.90 Å². The van der Waals surface area contributed by atoms with Crippen molar-refractivity contribution in [3.63, 3.8) is 0 Å². The van der Waals surface area contributed by atoms with Gasteiger partial charge < -0.3 is 14.7 Å². The first-order valence-electron chi connectivity index (χ1n) is 7.53. The summed E-state index contributed by atoms with van der Waals surface area (Å²) in [5.74, 6) is 2.40. The number of benzene rings is 1. The van der Waals surface area contributed by atoms with Crippen LogP contribution >= 0.6 is 11.6 Å². The van der Waals surface area contributed by atoms with Gasteiger partial charge in [0.1, 0.15) is 6.61 Å². The number of aliphatic hydroxyl groups excluding tert-OH is 1. The molecule has 1 unspecified atom stereocenters. The topological polar surface area (TPSA) is 35.9 Å². The van der Waals surface area contributed by atoms with Crippen LogP contribution in [0.2, 0.25) is 5.02 Å². The number of anilines is 1. The quantitative estimate of drug-likeness (QED) is 0.640. The molecule has 0 radical (unpaired) electrons. The highest BCUT2D eigenvalue weighted by molar-refractivity contribution is 6.30. The van der Waals surface area contributed by atoms with Gasteiger partial charge in [0.2, 0.25) is 0 Å². The highest BCUT2D eigenvalue weighted by Crippen LogP contribution is 2.25. The summed E-state index contributed by atoms with van der Waals surface area (Å²) in [6, 6.07) is 5.99. The second-order valence-corrected chi connectivity index (χ2v) is 6.03. The average Bonchev–Trinajstić information content (AvgIpc) is 2.51. The zero-order valence-corrected chi connectivity index (χ0v) is 13.7. The molecular formula is C17H23ClN2O2. The third-order valence-corrected chi connectivity index (χ3v) is 4.08. The number of hydrogen-bond donors (Lipinski definition) is 1. The fourth-order valence-electron chi connectivity index (χ4n) is 2.70. The zero-order chi connectivity index (χ0) is 15.9. The minimum absolute atomic E-state index is 0.249. The predicted octanol–water partition coefficient (Wildman–Crippen LogP) is 1.78. The number of hydrogen-bond acceptors (Lipinski definition) is 4. The first-order valence-corrected chi connectivity index (χ1v) is 7.90. The minimum Gasteiger partial charge on any atom is -0.389 e. The average molecular weight is 323 g/mol. The van der Waals surface area contributed by atoms with E-state index in [1.807, 2.05) is 12.1 Å². The highest BCUT2D eigenvalue weighted by Gasteiger charge is 2.20. The lowest BCUT2D eigenvalue weighted by Crippen LogP contribution is -2.49. The number of aryl methyl sites for hydroxylation is 1. The van der Waals surface area contributed by atoms with Crippen LogP contribution in [0, 0.1) is 19.3 Å². The molecule has 1 N–H and O–H groups in total. The van der Waals surface area contributed by atoms with Gasteiger partial charge in [-0.2, -0.15) is 0 Å². The van der Waals surface area contributed by atoms with Crippen molar-refractivity contribution in [2.75, 3.05) is 50.8 Å². The first-order chi connectivity index (χ1) is 10.6. The van der Waals surface area contributed by atoms with Crippen molar-refractivity contribution in [1.29, 1.82) is 0 Å². The molecule has 1 aliphatic heterocycles. The molecule has 1 atom stereocenters. The van der Waals surface area contributed by atoms with Crippen molar-refractivity contribution >= 4 is 17.3 Å². The highest BCUT2D eigenvalue weighted by atomic mass is 35.5. The Balaban J connectivity index is 1.80. The van der Waals surface area contributed by atoms with Gasteiger partial charge >= 0.3 is 0 Å². The van der Waals surface area contributed by atoms with Crippen LogP contribution in [-0.4, -0.2) is 62.0 Å². The van der Waals surface area contributed by atoms with E-state index in [9.17, 15) is 5.11 Å². The van der Waals surface area contributed by atoms with Gasteiger partial charge in [-0.3, -0.25) is 4.90 Å². The number of piperazine rings is 1. The van der Waals surface area contributed by atoms with E-state index in [4.69, 9.17) is 22.8 Å². The summed E-state index contributed by atoms with van der Waals surface area (Å²) in [5.41, 5.74) is 2.44. The number of terminal acetylenes is 1. The number of rotatable bonds is 6. The fraction of sp³-hybridized carbons (Fsp3) is 0.529. The second-order valence-electron chi connectivity index (χ2n) is 5.59. The molecule has 22 heavy (non-hydrogen) atoms. The van der Waals surface area contributed by atoms with Gasteiger partial charge in [0.15, 0.2) is 0 Å². The van der Waals surface area contributed by atoms with Crippen LogP contribution in [0.15, 0.2) is 18.2 Å². The Bertz CT molecular complexity index is 522. The molecule has 0 bridgehead atoms. The van der Waals surface area contributed by atoms with Crippen LogP contribution < -0.4 is 4.90 Å². The SMILES string of the molecule is C#CCOCC(O)CN1CCN(c2cc(Cl)ccc2C)CC1. The maximum absolute atomic E-state index is 9.93. The Hall–Kier alpha value is -1.25. The summed E-state index contributed by atoms with van der Waals surface area (Å²) in [5, 5.41) is 10.7. The summed E-state index contributed by atoms with van der Waals surface area (Å²) < 4.78 is 5.17. The smallest absolute Gasteiger partial charge is 0.107 e. The van der Waals surface area contributed by atoms with Gasteiger partial charge in [-0.15, -0.1) is 6.42 Å². The Morgan fingerprint density at radius 1 is 1.36 bits per heavy atom. The van der Waals surface area contributed by atoms with Crippen molar-refractivity contribution in [3.05, 3.63) is 28.8 Å². The number of halogens is 1. The summed E-state index contributed by atoms with van der Waals surface area (Å²) >= 11 is 6.10. The van der Waals surface area contributed by atoms with E-state index in [1.54, 1.807) is 0 Å². The largest absolute Gasteiger partial charge is 0.389 e. The Kier molecular flexibility index (Phi) is 6.53. The van der Waals surface area contributed by atoms with Crippen molar-refractivity contribution < 1.29 is 9.84 Å². The number of aliphatic hydroxyl groups is 1. The molecule has 0 aromatic heterocycles. The van der Waals surface area contributed by atoms with E-state index in [2.05, 4.69) is 28.7 Å². The molecule has 4 nitrogen and oxygen atoms in total. The molecule has 1 aromatic carbocycles. The van der Waals surface area contributed by atoms with E-state index >= 15 is 0 Å². The summed E-state index contributed by atoms with van der Waals surface area (Å²) in [7, 11) is 0. The molecule has 120 valence electrons. The number of β-amino-alcohol motifs (C(OH)–C–C–N with tert-alkyl or cyclic N) is 1. The minimum atomic E-state index is -0.493. The van der Waals surface area contributed by atoms with Crippen LogP contribution in [0.1, 0.15) is 5.56 Å². The van der Waals surface area contributed by atoms with Crippen LogP contribution in [0.5, 0.6) is 0 Å². The summed E-state index contributed by atoms with van der Waals surface area (Å²) in [6.45, 7) is 6.95. The molecule has 1 aromatic rings. The third kappa shape index (κ3) is 4.89. The fourth-order valence-corrected chi connectivity index (χ4v) is 2.87. The van der Waals surface area contributed by atoms with Gasteiger partial charge in [0, 0.05) is 43.4 Å². The number of nitrogens with zero attached hydrogens (tertiary/aromatic N) is 2. The van der Waals surface area contributed by atoms with Crippen molar-refractivity contribution in [2.24, 2.45) is 0 Å². The summed E-state index contributed by atoms with van der Waals surface area (Å²) in [6.07, 6.45) is 4.62. The second kappa shape index (κ2) is 8.40. The van der Waals surface area contributed by atoms with Crippen molar-refractivity contribution in [2.45, 2.75) is 13.0 Å². The molecule has 0 aliphatic carbocycles. The van der Waals surface area contributed by atoms with Gasteiger partial charge in [-0.25, -0.2) is 0 Å². The van der Waals surface area contributed by atoms with Crippen molar-refractivity contribution in [3.8, 4) is 12.3 Å². The zero-order valence-electron chi connectivity index (χ0n) is 13.0. The monoisotopic (exact) mass is 322 g/mol. The molecule has 0 amide bonds. The molecule has 5 heteroatoms. The lowest BCUT2D eigenvalue weighted by molar-refractivity contribution is 0.0267. The van der Waals surface area contributed by atoms with Crippen LogP contribution in [0.25, 0.3) is 0 Å². The van der Waals surface area contributed by atoms with Crippen LogP contribution in [0.3, 0.4) is 0 Å². The lowest BCUT2D eigenvalue weighted by Gasteiger charge is -2.37. The van der Waals surface area contributed by atoms with Crippen LogP contribution in [0.4, 0.5) is 5.69 Å². The van der Waals surface area contributed by atoms with Gasteiger partial charge in [-0.1, -0.05) is 23.6 Å². The van der Waals surface area contributed by atoms with E-state index in [-0.39, 0.29) is 13.2 Å². The molecule has 0 saturated carbocycles. The summed E-state index contributed by atoms with van der Waals surface area (Å²) in [4.78, 5) is 4.60. The molecule has 2 rings (SSSR count). The van der Waals surface area contributed by atoms with Gasteiger partial charge in [-0.05, 0) is 24.6 Å². The predicted molar refractivity (Wildman–Crippen MR) is 90.5 cm³/mol. The lowest BCUT2D eigenvalue weighted by atomic mass is 10.1. The molecule has 1 aliphatic rings.